The summed E-state index contributed by atoms with van der Waals surface area (Å²) in [5.41, 5.74) is 5.79. The Morgan fingerprint density at radius 1 is 1.12 bits per heavy atom. The first-order chi connectivity index (χ1) is 7.74. The molecule has 0 spiro atoms. The zero-order valence-corrected chi connectivity index (χ0v) is 11.7. The van der Waals surface area contributed by atoms with Gasteiger partial charge in [0.1, 0.15) is 0 Å². The van der Waals surface area contributed by atoms with Crippen LogP contribution in [0.2, 0.25) is 0 Å². The van der Waals surface area contributed by atoms with Crippen LogP contribution in [-0.2, 0) is 11.8 Å². The molecule has 17 heavy (non-hydrogen) atoms. The Kier molecular flexibility index (Phi) is 4.31. The SMILES string of the molecule is CC(C)(CCN)CCc1nc(C(C)(C)C)no1. The molecule has 1 aromatic heterocycles. The van der Waals surface area contributed by atoms with Crippen LogP contribution in [0.5, 0.6) is 0 Å². The standard InChI is InChI=1S/C13H25N3O/c1-12(2,3)11-15-10(17-16-11)6-7-13(4,5)8-9-14/h6-9,14H2,1-5H3. The molecular formula is C13H25N3O. The molecule has 0 aromatic carbocycles. The fourth-order valence-corrected chi connectivity index (χ4v) is 1.62. The normalized spacial score (nSPS) is 13.1. The second kappa shape index (κ2) is 5.17. The first-order valence-electron chi connectivity index (χ1n) is 6.28. The van der Waals surface area contributed by atoms with Gasteiger partial charge in [0.2, 0.25) is 5.89 Å². The minimum atomic E-state index is -0.0471. The van der Waals surface area contributed by atoms with Gasteiger partial charge in [0.05, 0.1) is 0 Å². The Morgan fingerprint density at radius 2 is 1.76 bits per heavy atom. The lowest BCUT2D eigenvalue weighted by Crippen LogP contribution is -2.18. The molecule has 0 fully saturated rings. The summed E-state index contributed by atoms with van der Waals surface area (Å²) in [6.07, 6.45) is 2.87. The number of rotatable bonds is 5. The molecule has 1 rings (SSSR count). The highest BCUT2D eigenvalue weighted by atomic mass is 16.5. The fraction of sp³-hybridized carbons (Fsp3) is 0.846. The van der Waals surface area contributed by atoms with Crippen LogP contribution in [0, 0.1) is 5.41 Å². The molecule has 0 saturated carbocycles. The summed E-state index contributed by atoms with van der Waals surface area (Å²) in [5, 5.41) is 4.02. The molecule has 4 nitrogen and oxygen atoms in total. The average Bonchev–Trinajstić information content (AvgIpc) is 2.62. The molecule has 2 N–H and O–H groups in total. The van der Waals surface area contributed by atoms with Crippen LogP contribution in [0.25, 0.3) is 0 Å². The number of hydrogen-bond acceptors (Lipinski definition) is 4. The van der Waals surface area contributed by atoms with Gasteiger partial charge in [-0.1, -0.05) is 39.8 Å². The van der Waals surface area contributed by atoms with Crippen LogP contribution in [0.3, 0.4) is 0 Å². The summed E-state index contributed by atoms with van der Waals surface area (Å²) in [4.78, 5) is 4.44. The van der Waals surface area contributed by atoms with E-state index in [2.05, 4.69) is 44.8 Å². The lowest BCUT2D eigenvalue weighted by atomic mass is 9.84. The van der Waals surface area contributed by atoms with Gasteiger partial charge in [0.25, 0.3) is 0 Å². The molecule has 98 valence electrons. The summed E-state index contributed by atoms with van der Waals surface area (Å²) in [5.74, 6) is 1.52. The van der Waals surface area contributed by atoms with Gasteiger partial charge < -0.3 is 10.3 Å². The second-order valence-corrected chi connectivity index (χ2v) is 6.46. The van der Waals surface area contributed by atoms with Crippen molar-refractivity contribution in [2.75, 3.05) is 6.54 Å². The average molecular weight is 239 g/mol. The largest absolute Gasteiger partial charge is 0.339 e. The monoisotopic (exact) mass is 239 g/mol. The molecule has 0 aliphatic heterocycles. The summed E-state index contributed by atoms with van der Waals surface area (Å²) in [6.45, 7) is 11.4. The topological polar surface area (TPSA) is 64.9 Å². The second-order valence-electron chi connectivity index (χ2n) is 6.46. The van der Waals surface area contributed by atoms with Crippen molar-refractivity contribution in [3.8, 4) is 0 Å². The van der Waals surface area contributed by atoms with E-state index in [1.54, 1.807) is 0 Å². The van der Waals surface area contributed by atoms with Crippen LogP contribution < -0.4 is 5.73 Å². The number of aromatic nitrogens is 2. The quantitative estimate of drug-likeness (QED) is 0.858. The Balaban J connectivity index is 2.56. The highest BCUT2D eigenvalue weighted by Crippen LogP contribution is 2.26. The lowest BCUT2D eigenvalue weighted by Gasteiger charge is -2.22. The Hall–Kier alpha value is -0.900. The maximum absolute atomic E-state index is 5.59. The molecule has 0 unspecified atom stereocenters. The van der Waals surface area contributed by atoms with Crippen molar-refractivity contribution in [1.29, 1.82) is 0 Å². The summed E-state index contributed by atoms with van der Waals surface area (Å²) >= 11 is 0. The Labute approximate surface area is 104 Å². The van der Waals surface area contributed by atoms with Gasteiger partial charge in [-0.15, -0.1) is 0 Å². The smallest absolute Gasteiger partial charge is 0.226 e. The van der Waals surface area contributed by atoms with E-state index in [1.807, 2.05) is 0 Å². The molecule has 0 atom stereocenters. The minimum absolute atomic E-state index is 0.0471. The van der Waals surface area contributed by atoms with E-state index in [0.29, 0.717) is 0 Å². The molecule has 4 heteroatoms. The highest BCUT2D eigenvalue weighted by Gasteiger charge is 2.22. The van der Waals surface area contributed by atoms with E-state index in [1.165, 1.54) is 0 Å². The van der Waals surface area contributed by atoms with Gasteiger partial charge in [-0.25, -0.2) is 0 Å². The molecule has 1 aromatic rings. The van der Waals surface area contributed by atoms with Gasteiger partial charge >= 0.3 is 0 Å². The third-order valence-corrected chi connectivity index (χ3v) is 2.98. The molecule has 0 radical (unpaired) electrons. The highest BCUT2D eigenvalue weighted by molar-refractivity contribution is 5.00. The summed E-state index contributed by atoms with van der Waals surface area (Å²) in [7, 11) is 0. The van der Waals surface area contributed by atoms with Crippen molar-refractivity contribution < 1.29 is 4.52 Å². The van der Waals surface area contributed by atoms with Gasteiger partial charge in [0, 0.05) is 11.8 Å². The van der Waals surface area contributed by atoms with Gasteiger partial charge in [0.15, 0.2) is 5.82 Å². The van der Waals surface area contributed by atoms with Gasteiger partial charge in [-0.2, -0.15) is 4.98 Å². The summed E-state index contributed by atoms with van der Waals surface area (Å²) in [6, 6.07) is 0. The molecule has 1 heterocycles. The van der Waals surface area contributed by atoms with E-state index in [9.17, 15) is 0 Å². The predicted molar refractivity (Wildman–Crippen MR) is 68.8 cm³/mol. The predicted octanol–water partition coefficient (Wildman–Crippen LogP) is 2.67. The van der Waals surface area contributed by atoms with E-state index >= 15 is 0 Å². The third kappa shape index (κ3) is 4.46. The number of nitrogens with two attached hydrogens (primary N) is 1. The van der Waals surface area contributed by atoms with E-state index < -0.39 is 0 Å². The maximum atomic E-state index is 5.59. The summed E-state index contributed by atoms with van der Waals surface area (Å²) < 4.78 is 5.27. The van der Waals surface area contributed by atoms with Gasteiger partial charge in [-0.3, -0.25) is 0 Å². The van der Waals surface area contributed by atoms with Crippen molar-refractivity contribution in [1.82, 2.24) is 10.1 Å². The Bertz CT molecular complexity index is 350. The first-order valence-corrected chi connectivity index (χ1v) is 6.28. The first kappa shape index (κ1) is 14.2. The van der Waals surface area contributed by atoms with Crippen molar-refractivity contribution >= 4 is 0 Å². The molecule has 0 bridgehead atoms. The number of nitrogens with zero attached hydrogens (tertiary/aromatic N) is 2. The maximum Gasteiger partial charge on any atom is 0.226 e. The van der Waals surface area contributed by atoms with E-state index in [0.717, 1.165) is 37.5 Å². The van der Waals surface area contributed by atoms with Crippen molar-refractivity contribution in [2.45, 2.75) is 59.3 Å². The number of aryl methyl sites for hydroxylation is 1. The van der Waals surface area contributed by atoms with Crippen LogP contribution in [0.1, 0.15) is 59.2 Å². The minimum Gasteiger partial charge on any atom is -0.339 e. The molecular weight excluding hydrogens is 214 g/mol. The third-order valence-electron chi connectivity index (χ3n) is 2.98. The molecule has 0 saturated heterocycles. The lowest BCUT2D eigenvalue weighted by molar-refractivity contribution is 0.288. The van der Waals surface area contributed by atoms with Crippen molar-refractivity contribution in [2.24, 2.45) is 11.1 Å². The molecule has 0 aliphatic rings. The van der Waals surface area contributed by atoms with Crippen LogP contribution in [-0.4, -0.2) is 16.7 Å². The van der Waals surface area contributed by atoms with Crippen LogP contribution in [0.4, 0.5) is 0 Å². The van der Waals surface area contributed by atoms with E-state index in [-0.39, 0.29) is 10.8 Å². The fourth-order valence-electron chi connectivity index (χ4n) is 1.62. The number of hydrogen-bond donors (Lipinski definition) is 1. The Morgan fingerprint density at radius 3 is 2.24 bits per heavy atom. The van der Waals surface area contributed by atoms with Crippen LogP contribution in [0.15, 0.2) is 4.52 Å². The van der Waals surface area contributed by atoms with Crippen molar-refractivity contribution in [3.63, 3.8) is 0 Å². The van der Waals surface area contributed by atoms with Crippen molar-refractivity contribution in [3.05, 3.63) is 11.7 Å². The van der Waals surface area contributed by atoms with Gasteiger partial charge in [-0.05, 0) is 24.8 Å². The van der Waals surface area contributed by atoms with Crippen LogP contribution >= 0.6 is 0 Å². The zero-order chi connectivity index (χ0) is 13.1. The molecule has 0 amide bonds. The zero-order valence-electron chi connectivity index (χ0n) is 11.7. The van der Waals surface area contributed by atoms with E-state index in [4.69, 9.17) is 10.3 Å². The molecule has 0 aliphatic carbocycles.